The predicted molar refractivity (Wildman–Crippen MR) is 130 cm³/mol. The summed E-state index contributed by atoms with van der Waals surface area (Å²) >= 11 is 13.0. The Kier molecular flexibility index (Phi) is 9.62. The smallest absolute Gasteiger partial charge is 0.277 e. The van der Waals surface area contributed by atoms with Crippen molar-refractivity contribution in [2.75, 3.05) is 19.5 Å². The van der Waals surface area contributed by atoms with Gasteiger partial charge in [-0.15, -0.1) is 10.2 Å². The molecule has 1 amide bonds. The van der Waals surface area contributed by atoms with Crippen LogP contribution in [0.3, 0.4) is 0 Å². The Hall–Kier alpha value is -3.21. The number of thioether (sulfide) groups is 1. The molecule has 0 saturated carbocycles. The Balaban J connectivity index is 1.44. The van der Waals surface area contributed by atoms with Gasteiger partial charge in [-0.3, -0.25) is 4.79 Å². The van der Waals surface area contributed by atoms with Gasteiger partial charge in [0, 0.05) is 5.02 Å². The van der Waals surface area contributed by atoms with E-state index >= 15 is 0 Å². The number of methoxy groups -OCH3 is 1. The minimum absolute atomic E-state index is 0.0201. The van der Waals surface area contributed by atoms with Gasteiger partial charge >= 0.3 is 0 Å². The van der Waals surface area contributed by atoms with Crippen molar-refractivity contribution in [3.05, 3.63) is 70.6 Å². The van der Waals surface area contributed by atoms with Crippen molar-refractivity contribution < 1.29 is 23.4 Å². The van der Waals surface area contributed by atoms with Crippen molar-refractivity contribution in [1.82, 2.24) is 15.6 Å². The number of halogens is 2. The third kappa shape index (κ3) is 7.68. The van der Waals surface area contributed by atoms with Gasteiger partial charge in [-0.2, -0.15) is 5.10 Å². The summed E-state index contributed by atoms with van der Waals surface area (Å²) in [6.45, 7) is 3.99. The van der Waals surface area contributed by atoms with Gasteiger partial charge in [0.15, 0.2) is 18.1 Å². The standard InChI is InChI=1S/C22H20Cl2N4O5S/c1-3-8-31-18-6-4-14(9-19(18)30-2)11-25-26-20(29)13-34-22-28-27-21(33-22)12-32-17-7-5-15(23)10-16(17)24/h3-7,9-11H,1,8,12-13H2,2H3,(H,26,29)/b25-11-. The molecule has 1 heterocycles. The second-order valence-electron chi connectivity index (χ2n) is 6.42. The number of ether oxygens (including phenoxy) is 3. The van der Waals surface area contributed by atoms with Crippen molar-refractivity contribution >= 4 is 47.1 Å². The number of nitrogens with zero attached hydrogens (tertiary/aromatic N) is 3. The van der Waals surface area contributed by atoms with Crippen LogP contribution in [0.2, 0.25) is 10.0 Å². The van der Waals surface area contributed by atoms with Crippen molar-refractivity contribution in [2.24, 2.45) is 5.10 Å². The first-order valence-corrected chi connectivity index (χ1v) is 11.5. The number of hydrazone groups is 1. The molecule has 0 saturated heterocycles. The lowest BCUT2D eigenvalue weighted by molar-refractivity contribution is -0.118. The van der Waals surface area contributed by atoms with Crippen LogP contribution in [-0.4, -0.2) is 41.8 Å². The summed E-state index contributed by atoms with van der Waals surface area (Å²) in [5, 5.41) is 12.8. The number of amides is 1. The van der Waals surface area contributed by atoms with Crippen LogP contribution in [0.5, 0.6) is 17.2 Å². The normalized spacial score (nSPS) is 10.8. The highest BCUT2D eigenvalue weighted by Gasteiger charge is 2.11. The third-order valence-electron chi connectivity index (χ3n) is 3.97. The topological polar surface area (TPSA) is 108 Å². The van der Waals surface area contributed by atoms with Gasteiger partial charge in [0.1, 0.15) is 12.4 Å². The van der Waals surface area contributed by atoms with Gasteiger partial charge in [-0.05, 0) is 42.0 Å². The number of benzene rings is 2. The highest BCUT2D eigenvalue weighted by Crippen LogP contribution is 2.29. The Morgan fingerprint density at radius 1 is 1.18 bits per heavy atom. The van der Waals surface area contributed by atoms with Crippen LogP contribution >= 0.6 is 35.0 Å². The molecule has 0 fully saturated rings. The number of carbonyl (C=O) groups excluding carboxylic acids is 1. The second kappa shape index (κ2) is 12.9. The van der Waals surface area contributed by atoms with Crippen LogP contribution in [0.15, 0.2) is 63.8 Å². The molecule has 0 radical (unpaired) electrons. The Labute approximate surface area is 210 Å². The Bertz CT molecular complexity index is 1170. The average molecular weight is 523 g/mol. The number of hydrogen-bond acceptors (Lipinski definition) is 9. The lowest BCUT2D eigenvalue weighted by Gasteiger charge is -2.09. The minimum atomic E-state index is -0.344. The average Bonchev–Trinajstić information content (AvgIpc) is 3.29. The van der Waals surface area contributed by atoms with Gasteiger partial charge in [0.25, 0.3) is 17.0 Å². The molecule has 3 aromatic rings. The molecule has 12 heteroatoms. The minimum Gasteiger partial charge on any atom is -0.493 e. The summed E-state index contributed by atoms with van der Waals surface area (Å²) < 4.78 is 21.8. The molecule has 0 aliphatic carbocycles. The van der Waals surface area contributed by atoms with Gasteiger partial charge in [0.05, 0.1) is 24.1 Å². The molecule has 0 aliphatic heterocycles. The molecule has 0 atom stereocenters. The van der Waals surface area contributed by atoms with Gasteiger partial charge in [-0.25, -0.2) is 5.43 Å². The van der Waals surface area contributed by atoms with E-state index in [1.165, 1.54) is 13.3 Å². The van der Waals surface area contributed by atoms with E-state index in [0.29, 0.717) is 33.9 Å². The molecular weight excluding hydrogens is 503 g/mol. The van der Waals surface area contributed by atoms with E-state index in [1.807, 2.05) is 0 Å². The summed E-state index contributed by atoms with van der Waals surface area (Å²) in [6, 6.07) is 10.1. The molecule has 2 aromatic carbocycles. The Morgan fingerprint density at radius 3 is 2.76 bits per heavy atom. The fourth-order valence-corrected chi connectivity index (χ4v) is 3.49. The SMILES string of the molecule is C=CCOc1ccc(/C=N\NC(=O)CSc2nnc(COc3ccc(Cl)cc3Cl)o2)cc1OC. The van der Waals surface area contributed by atoms with E-state index in [0.717, 1.165) is 17.3 Å². The first kappa shape index (κ1) is 25.4. The molecule has 0 bridgehead atoms. The zero-order valence-electron chi connectivity index (χ0n) is 18.0. The summed E-state index contributed by atoms with van der Waals surface area (Å²) in [5.41, 5.74) is 3.16. The molecule has 1 N–H and O–H groups in total. The van der Waals surface area contributed by atoms with Crippen molar-refractivity contribution in [2.45, 2.75) is 11.8 Å². The molecule has 3 rings (SSSR count). The maximum Gasteiger partial charge on any atom is 0.277 e. The molecular formula is C22H20Cl2N4O5S. The first-order valence-electron chi connectivity index (χ1n) is 9.75. The summed E-state index contributed by atoms with van der Waals surface area (Å²) in [6.07, 6.45) is 3.13. The third-order valence-corrected chi connectivity index (χ3v) is 5.32. The van der Waals surface area contributed by atoms with E-state index in [-0.39, 0.29) is 29.4 Å². The molecule has 178 valence electrons. The maximum absolute atomic E-state index is 12.0. The van der Waals surface area contributed by atoms with Crippen LogP contribution in [0.1, 0.15) is 11.5 Å². The molecule has 0 spiro atoms. The number of hydrogen-bond donors (Lipinski definition) is 1. The number of rotatable bonds is 12. The fourth-order valence-electron chi connectivity index (χ4n) is 2.46. The van der Waals surface area contributed by atoms with Crippen molar-refractivity contribution in [3.8, 4) is 17.2 Å². The van der Waals surface area contributed by atoms with Crippen LogP contribution < -0.4 is 19.6 Å². The van der Waals surface area contributed by atoms with E-state index in [9.17, 15) is 4.79 Å². The Morgan fingerprint density at radius 2 is 2.00 bits per heavy atom. The lowest BCUT2D eigenvalue weighted by atomic mass is 10.2. The van der Waals surface area contributed by atoms with Crippen molar-refractivity contribution in [3.63, 3.8) is 0 Å². The first-order chi connectivity index (χ1) is 16.5. The number of aromatic nitrogens is 2. The molecule has 9 nitrogen and oxygen atoms in total. The van der Waals surface area contributed by atoms with E-state index in [1.54, 1.807) is 42.5 Å². The maximum atomic E-state index is 12.0. The quantitative estimate of drug-likeness (QED) is 0.157. The predicted octanol–water partition coefficient (Wildman–Crippen LogP) is 4.77. The van der Waals surface area contributed by atoms with Crippen LogP contribution in [0, 0.1) is 0 Å². The second-order valence-corrected chi connectivity index (χ2v) is 8.19. The zero-order valence-corrected chi connectivity index (χ0v) is 20.3. The number of carbonyl (C=O) groups is 1. The molecule has 0 aliphatic rings. The molecule has 0 unspecified atom stereocenters. The highest BCUT2D eigenvalue weighted by molar-refractivity contribution is 7.99. The van der Waals surface area contributed by atoms with Crippen LogP contribution in [0.25, 0.3) is 0 Å². The van der Waals surface area contributed by atoms with Gasteiger partial charge in [-0.1, -0.05) is 47.6 Å². The van der Waals surface area contributed by atoms with Gasteiger partial charge in [0.2, 0.25) is 0 Å². The highest BCUT2D eigenvalue weighted by atomic mass is 35.5. The number of nitrogens with one attached hydrogen (secondary N) is 1. The van der Waals surface area contributed by atoms with Gasteiger partial charge < -0.3 is 18.6 Å². The monoisotopic (exact) mass is 522 g/mol. The lowest BCUT2D eigenvalue weighted by Crippen LogP contribution is -2.19. The summed E-state index contributed by atoms with van der Waals surface area (Å²) in [7, 11) is 1.54. The van der Waals surface area contributed by atoms with E-state index in [2.05, 4.69) is 27.3 Å². The fraction of sp³-hybridized carbons (Fsp3) is 0.182. The van der Waals surface area contributed by atoms with E-state index in [4.69, 9.17) is 41.8 Å². The van der Waals surface area contributed by atoms with Crippen LogP contribution in [0.4, 0.5) is 0 Å². The largest absolute Gasteiger partial charge is 0.493 e. The summed E-state index contributed by atoms with van der Waals surface area (Å²) in [5.74, 6) is 1.49. The summed E-state index contributed by atoms with van der Waals surface area (Å²) in [4.78, 5) is 12.0. The van der Waals surface area contributed by atoms with E-state index < -0.39 is 0 Å². The van der Waals surface area contributed by atoms with Crippen LogP contribution in [-0.2, 0) is 11.4 Å². The molecule has 1 aromatic heterocycles. The van der Waals surface area contributed by atoms with Crippen molar-refractivity contribution in [1.29, 1.82) is 0 Å². The zero-order chi connectivity index (χ0) is 24.3. The molecule has 34 heavy (non-hydrogen) atoms.